The van der Waals surface area contributed by atoms with Crippen LogP contribution in [0.1, 0.15) is 0 Å². The first-order valence-electron chi connectivity index (χ1n) is 27.9. The molecule has 82 heavy (non-hydrogen) atoms. The third-order valence-electron chi connectivity index (χ3n) is 15.1. The number of hydrogen-bond donors (Lipinski definition) is 0. The molecule has 0 bridgehead atoms. The Morgan fingerprint density at radius 3 is 0.317 bits per heavy atom. The molecule has 13 rings (SSSR count). The average Bonchev–Trinajstić information content (AvgIpc) is 3.76. The van der Waals surface area contributed by atoms with Crippen LogP contribution < -0.4 is 19.6 Å². The molecule has 0 atom stereocenters. The van der Waals surface area contributed by atoms with Crippen LogP contribution in [0.3, 0.4) is 0 Å². The lowest BCUT2D eigenvalue weighted by atomic mass is 9.99. The van der Waals surface area contributed by atoms with E-state index in [2.05, 4.69) is 371 Å². The van der Waals surface area contributed by atoms with Crippen molar-refractivity contribution in [1.82, 2.24) is 0 Å². The van der Waals surface area contributed by atoms with Gasteiger partial charge in [-0.05, 0) is 190 Å². The highest BCUT2D eigenvalue weighted by atomic mass is 15.2. The van der Waals surface area contributed by atoms with Crippen LogP contribution in [-0.2, 0) is 0 Å². The minimum Gasteiger partial charge on any atom is -0.311 e. The van der Waals surface area contributed by atoms with Crippen molar-refractivity contribution >= 4 is 68.2 Å². The molecule has 0 aromatic heterocycles. The van der Waals surface area contributed by atoms with Gasteiger partial charge in [-0.2, -0.15) is 0 Å². The lowest BCUT2D eigenvalue weighted by Gasteiger charge is -2.26. The molecule has 0 aliphatic carbocycles. The Hall–Kier alpha value is -10.9. The molecular formula is C78H58N4. The van der Waals surface area contributed by atoms with E-state index >= 15 is 0 Å². The summed E-state index contributed by atoms with van der Waals surface area (Å²) in [4.78, 5) is 9.23. The average molecular weight is 1050 g/mol. The summed E-state index contributed by atoms with van der Waals surface area (Å²) in [7, 11) is 0. The summed E-state index contributed by atoms with van der Waals surface area (Å²) in [6.07, 6.45) is 0. The smallest absolute Gasteiger partial charge is 0.0462 e. The van der Waals surface area contributed by atoms with Gasteiger partial charge in [0, 0.05) is 68.2 Å². The van der Waals surface area contributed by atoms with E-state index in [1.54, 1.807) is 0 Å². The minimum atomic E-state index is 1.08. The zero-order valence-corrected chi connectivity index (χ0v) is 45.3. The molecule has 0 N–H and O–H groups in total. The molecule has 0 radical (unpaired) electrons. The topological polar surface area (TPSA) is 13.0 Å². The van der Waals surface area contributed by atoms with E-state index in [1.807, 2.05) is 0 Å². The van der Waals surface area contributed by atoms with Crippen molar-refractivity contribution in [2.45, 2.75) is 0 Å². The van der Waals surface area contributed by atoms with Crippen LogP contribution in [-0.4, -0.2) is 0 Å². The van der Waals surface area contributed by atoms with E-state index in [0.717, 1.165) is 90.5 Å². The second-order valence-corrected chi connectivity index (χ2v) is 20.2. The minimum absolute atomic E-state index is 1.08. The van der Waals surface area contributed by atoms with Crippen LogP contribution >= 0.6 is 0 Å². The number of para-hydroxylation sites is 6. The zero-order valence-electron chi connectivity index (χ0n) is 45.3. The Morgan fingerprint density at radius 2 is 0.195 bits per heavy atom. The summed E-state index contributed by atoms with van der Waals surface area (Å²) in [5.74, 6) is 0. The molecule has 0 aliphatic rings. The lowest BCUT2D eigenvalue weighted by Crippen LogP contribution is -2.10. The summed E-state index contributed by atoms with van der Waals surface area (Å²) >= 11 is 0. The van der Waals surface area contributed by atoms with Crippen LogP contribution in [0, 0.1) is 0 Å². The Bertz CT molecular complexity index is 4030. The molecule has 0 saturated heterocycles. The van der Waals surface area contributed by atoms with E-state index in [4.69, 9.17) is 0 Å². The van der Waals surface area contributed by atoms with Crippen LogP contribution in [0.5, 0.6) is 0 Å². The highest BCUT2D eigenvalue weighted by Crippen LogP contribution is 2.42. The van der Waals surface area contributed by atoms with Gasteiger partial charge in [-0.3, -0.25) is 0 Å². The van der Waals surface area contributed by atoms with E-state index in [1.165, 1.54) is 22.3 Å². The first-order chi connectivity index (χ1) is 40.7. The van der Waals surface area contributed by atoms with Crippen molar-refractivity contribution in [3.8, 4) is 44.5 Å². The van der Waals surface area contributed by atoms with Crippen molar-refractivity contribution in [1.29, 1.82) is 0 Å². The molecular weight excluding hydrogens is 993 g/mol. The molecule has 0 aliphatic heterocycles. The monoisotopic (exact) mass is 1050 g/mol. The van der Waals surface area contributed by atoms with E-state index < -0.39 is 0 Å². The van der Waals surface area contributed by atoms with E-state index in [-0.39, 0.29) is 0 Å². The summed E-state index contributed by atoms with van der Waals surface area (Å²) in [6, 6.07) is 126. The molecule has 390 valence electrons. The maximum atomic E-state index is 2.32. The fourth-order valence-corrected chi connectivity index (χ4v) is 10.9. The molecule has 13 aromatic rings. The first-order valence-corrected chi connectivity index (χ1v) is 27.9. The highest BCUT2D eigenvalue weighted by molar-refractivity contribution is 5.85. The van der Waals surface area contributed by atoms with Gasteiger partial charge in [0.15, 0.2) is 0 Å². The maximum Gasteiger partial charge on any atom is 0.0462 e. The zero-order chi connectivity index (χ0) is 54.9. The molecule has 0 spiro atoms. The van der Waals surface area contributed by atoms with Gasteiger partial charge in [0.2, 0.25) is 0 Å². The van der Waals surface area contributed by atoms with Crippen LogP contribution in [0.2, 0.25) is 0 Å². The predicted molar refractivity (Wildman–Crippen MR) is 347 cm³/mol. The van der Waals surface area contributed by atoms with Gasteiger partial charge in [-0.25, -0.2) is 0 Å². The normalized spacial score (nSPS) is 10.9. The number of benzene rings is 13. The highest BCUT2D eigenvalue weighted by Gasteiger charge is 2.18. The Labute approximate surface area is 481 Å². The van der Waals surface area contributed by atoms with Gasteiger partial charge in [0.1, 0.15) is 0 Å². The number of rotatable bonds is 16. The largest absolute Gasteiger partial charge is 0.311 e. The van der Waals surface area contributed by atoms with E-state index in [0.29, 0.717) is 0 Å². The second kappa shape index (κ2) is 23.6. The molecule has 0 heterocycles. The molecule has 0 saturated carbocycles. The van der Waals surface area contributed by atoms with Gasteiger partial charge >= 0.3 is 0 Å². The lowest BCUT2D eigenvalue weighted by molar-refractivity contribution is 1.28. The van der Waals surface area contributed by atoms with Gasteiger partial charge < -0.3 is 19.6 Å². The van der Waals surface area contributed by atoms with Crippen molar-refractivity contribution in [3.63, 3.8) is 0 Å². The van der Waals surface area contributed by atoms with Crippen molar-refractivity contribution in [3.05, 3.63) is 352 Å². The van der Waals surface area contributed by atoms with Gasteiger partial charge in [0.25, 0.3) is 0 Å². The molecule has 0 amide bonds. The summed E-state index contributed by atoms with van der Waals surface area (Å²) in [5.41, 5.74) is 22.6. The third kappa shape index (κ3) is 10.9. The maximum absolute atomic E-state index is 2.32. The van der Waals surface area contributed by atoms with Crippen LogP contribution in [0.25, 0.3) is 44.5 Å². The van der Waals surface area contributed by atoms with E-state index in [9.17, 15) is 0 Å². The molecule has 0 unspecified atom stereocenters. The summed E-state index contributed by atoms with van der Waals surface area (Å²) in [5, 5.41) is 0. The number of hydrogen-bond acceptors (Lipinski definition) is 4. The Balaban J connectivity index is 0.710. The quantitative estimate of drug-likeness (QED) is 0.0956. The van der Waals surface area contributed by atoms with Gasteiger partial charge in [-0.15, -0.1) is 0 Å². The predicted octanol–water partition coefficient (Wildman–Crippen LogP) is 22.2. The molecule has 4 heteroatoms. The van der Waals surface area contributed by atoms with Crippen LogP contribution in [0.4, 0.5) is 68.2 Å². The Kier molecular flexibility index (Phi) is 14.5. The number of nitrogens with zero attached hydrogens (tertiary/aromatic N) is 4. The van der Waals surface area contributed by atoms with Crippen LogP contribution in [0.15, 0.2) is 352 Å². The van der Waals surface area contributed by atoms with Crippen molar-refractivity contribution < 1.29 is 0 Å². The molecule has 13 aromatic carbocycles. The number of anilines is 12. The standard InChI is InChI=1S/C78H58N4/c1-7-19-67(20-8-1)79(68-21-9-2-10-22-68)73-47-35-61(36-48-73)59-31-33-60(34-32-59)62-37-51-75(52-38-62)81(71-27-15-5-16-28-71)76-55-43-65(44-56-76)66-45-57-78(58-46-66)82(72-29-17-6-18-30-72)77-53-41-64(42-54-77)63-39-49-74(50-40-63)80(69-23-11-3-12-24-69)70-25-13-4-14-26-70/h1-58H. The van der Waals surface area contributed by atoms with Crippen molar-refractivity contribution in [2.24, 2.45) is 0 Å². The van der Waals surface area contributed by atoms with Gasteiger partial charge in [0.05, 0.1) is 0 Å². The Morgan fingerprint density at radius 1 is 0.0976 bits per heavy atom. The second-order valence-electron chi connectivity index (χ2n) is 20.2. The summed E-state index contributed by atoms with van der Waals surface area (Å²) < 4.78 is 0. The fourth-order valence-electron chi connectivity index (χ4n) is 10.9. The van der Waals surface area contributed by atoms with Crippen molar-refractivity contribution in [2.75, 3.05) is 19.6 Å². The first kappa shape index (κ1) is 50.6. The fraction of sp³-hybridized carbons (Fsp3) is 0. The SMILES string of the molecule is c1ccc(N(c2ccccc2)c2ccc(-c3ccc(-c4ccc(N(c5ccccc5)c5ccc(-c6ccc(N(c7ccccc7)c7ccc(-c8ccc(N(c9ccccc9)c9ccccc9)cc8)cc7)cc6)cc5)cc4)cc3)cc2)cc1. The third-order valence-corrected chi connectivity index (χ3v) is 15.1. The molecule has 4 nitrogen and oxygen atoms in total. The summed E-state index contributed by atoms with van der Waals surface area (Å²) in [6.45, 7) is 0. The molecule has 0 fully saturated rings. The van der Waals surface area contributed by atoms with Gasteiger partial charge in [-0.1, -0.05) is 206 Å².